The summed E-state index contributed by atoms with van der Waals surface area (Å²) in [6, 6.07) is 13.2. The van der Waals surface area contributed by atoms with Gasteiger partial charge >= 0.3 is 5.97 Å². The van der Waals surface area contributed by atoms with Crippen molar-refractivity contribution in [1.29, 1.82) is 0 Å². The lowest BCUT2D eigenvalue weighted by Crippen LogP contribution is -2.12. The highest BCUT2D eigenvalue weighted by atomic mass is 16.5. The van der Waals surface area contributed by atoms with Crippen molar-refractivity contribution >= 4 is 23.3 Å². The average molecular weight is 284 g/mol. The Morgan fingerprint density at radius 1 is 1.10 bits per heavy atom. The zero-order valence-corrected chi connectivity index (χ0v) is 11.6. The first-order chi connectivity index (χ1) is 10.1. The van der Waals surface area contributed by atoms with E-state index in [-0.39, 0.29) is 5.91 Å². The largest absolute Gasteiger partial charge is 0.462 e. The summed E-state index contributed by atoms with van der Waals surface area (Å²) in [5, 5.41) is 2.74. The number of ether oxygens (including phenoxy) is 1. The summed E-state index contributed by atoms with van der Waals surface area (Å²) >= 11 is 0. The number of carbonyl (C=O) groups excluding carboxylic acids is 2. The van der Waals surface area contributed by atoms with Gasteiger partial charge in [0.2, 0.25) is 0 Å². The predicted octanol–water partition coefficient (Wildman–Crippen LogP) is 2.70. The van der Waals surface area contributed by atoms with E-state index >= 15 is 0 Å². The molecule has 108 valence electrons. The number of nitrogens with one attached hydrogen (secondary N) is 1. The van der Waals surface area contributed by atoms with Crippen molar-refractivity contribution in [3.05, 3.63) is 59.7 Å². The van der Waals surface area contributed by atoms with E-state index < -0.39 is 5.97 Å². The van der Waals surface area contributed by atoms with Crippen molar-refractivity contribution < 1.29 is 14.3 Å². The number of carbonyl (C=O) groups is 2. The second-order valence-corrected chi connectivity index (χ2v) is 4.38. The van der Waals surface area contributed by atoms with Crippen LogP contribution >= 0.6 is 0 Å². The van der Waals surface area contributed by atoms with Gasteiger partial charge in [-0.25, -0.2) is 4.79 Å². The highest BCUT2D eigenvalue weighted by Crippen LogP contribution is 2.14. The number of amides is 1. The molecule has 2 aromatic rings. The fourth-order valence-electron chi connectivity index (χ4n) is 1.79. The predicted molar refractivity (Wildman–Crippen MR) is 81.2 cm³/mol. The smallest absolute Gasteiger partial charge is 0.338 e. The summed E-state index contributed by atoms with van der Waals surface area (Å²) in [7, 11) is 0. The van der Waals surface area contributed by atoms with Gasteiger partial charge in [-0.15, -0.1) is 0 Å². The third kappa shape index (κ3) is 3.82. The van der Waals surface area contributed by atoms with Crippen LogP contribution in [0.3, 0.4) is 0 Å². The molecule has 2 rings (SSSR count). The summed E-state index contributed by atoms with van der Waals surface area (Å²) < 4.78 is 4.88. The Hall–Kier alpha value is -2.82. The van der Waals surface area contributed by atoms with E-state index in [1.807, 2.05) is 0 Å². The highest BCUT2D eigenvalue weighted by Gasteiger charge is 2.09. The minimum absolute atomic E-state index is 0.268. The molecule has 5 heteroatoms. The fraction of sp³-hybridized carbons (Fsp3) is 0.125. The number of nitrogens with two attached hydrogens (primary N) is 1. The second-order valence-electron chi connectivity index (χ2n) is 4.38. The number of esters is 1. The van der Waals surface area contributed by atoms with Crippen LogP contribution in [0.2, 0.25) is 0 Å². The molecule has 0 radical (unpaired) electrons. The Labute approximate surface area is 122 Å². The van der Waals surface area contributed by atoms with Crippen molar-refractivity contribution in [2.24, 2.45) is 0 Å². The van der Waals surface area contributed by atoms with E-state index in [9.17, 15) is 9.59 Å². The summed E-state index contributed by atoms with van der Waals surface area (Å²) in [5.41, 5.74) is 7.71. The van der Waals surface area contributed by atoms with Crippen LogP contribution in [0.25, 0.3) is 0 Å². The van der Waals surface area contributed by atoms with E-state index in [4.69, 9.17) is 10.5 Å². The minimum atomic E-state index is -0.403. The molecule has 21 heavy (non-hydrogen) atoms. The Kier molecular flexibility index (Phi) is 4.56. The molecular formula is C16H16N2O3. The molecule has 0 saturated heterocycles. The number of nitrogen functional groups attached to an aromatic ring is 1. The van der Waals surface area contributed by atoms with Crippen molar-refractivity contribution in [3.63, 3.8) is 0 Å². The zero-order chi connectivity index (χ0) is 15.2. The van der Waals surface area contributed by atoms with Crippen LogP contribution in [-0.2, 0) is 4.74 Å². The number of benzene rings is 2. The van der Waals surface area contributed by atoms with Gasteiger partial charge in [0.15, 0.2) is 0 Å². The first-order valence-corrected chi connectivity index (χ1v) is 6.54. The van der Waals surface area contributed by atoms with Crippen LogP contribution in [0, 0.1) is 0 Å². The highest BCUT2D eigenvalue weighted by molar-refractivity contribution is 6.05. The fourth-order valence-corrected chi connectivity index (χ4v) is 1.79. The number of anilines is 2. The molecule has 0 fully saturated rings. The topological polar surface area (TPSA) is 81.4 Å². The lowest BCUT2D eigenvalue weighted by atomic mass is 10.1. The van der Waals surface area contributed by atoms with Gasteiger partial charge in [-0.05, 0) is 49.4 Å². The van der Waals surface area contributed by atoms with Crippen LogP contribution in [0.5, 0.6) is 0 Å². The lowest BCUT2D eigenvalue weighted by Gasteiger charge is -2.07. The molecule has 0 aromatic heterocycles. The summed E-state index contributed by atoms with van der Waals surface area (Å²) in [6.07, 6.45) is 0. The van der Waals surface area contributed by atoms with Gasteiger partial charge in [0.05, 0.1) is 12.2 Å². The quantitative estimate of drug-likeness (QED) is 0.668. The van der Waals surface area contributed by atoms with Crippen LogP contribution in [0.15, 0.2) is 48.5 Å². The molecular weight excluding hydrogens is 268 g/mol. The lowest BCUT2D eigenvalue weighted by molar-refractivity contribution is 0.0526. The molecule has 0 bridgehead atoms. The van der Waals surface area contributed by atoms with Gasteiger partial charge in [-0.2, -0.15) is 0 Å². The number of rotatable bonds is 4. The monoisotopic (exact) mass is 284 g/mol. The Bertz CT molecular complexity index is 651. The number of hydrogen-bond acceptors (Lipinski definition) is 4. The molecule has 0 atom stereocenters. The third-order valence-electron chi connectivity index (χ3n) is 2.80. The molecule has 0 aliphatic carbocycles. The molecule has 2 aromatic carbocycles. The van der Waals surface area contributed by atoms with E-state index in [1.165, 1.54) is 0 Å². The maximum absolute atomic E-state index is 12.1. The van der Waals surface area contributed by atoms with Crippen LogP contribution in [0.4, 0.5) is 11.4 Å². The first kappa shape index (κ1) is 14.6. The molecule has 0 saturated carbocycles. The standard InChI is InChI=1S/C16H16N2O3/c1-2-21-16(20)12-8-6-11(7-9-12)15(19)18-14-5-3-4-13(17)10-14/h3-10H,2,17H2,1H3,(H,18,19). The van der Waals surface area contributed by atoms with Gasteiger partial charge in [0.25, 0.3) is 5.91 Å². The van der Waals surface area contributed by atoms with Gasteiger partial charge < -0.3 is 15.8 Å². The van der Waals surface area contributed by atoms with Gasteiger partial charge in [-0.1, -0.05) is 6.07 Å². The normalized spacial score (nSPS) is 9.95. The molecule has 5 nitrogen and oxygen atoms in total. The number of hydrogen-bond donors (Lipinski definition) is 2. The molecule has 0 aliphatic heterocycles. The van der Waals surface area contributed by atoms with Gasteiger partial charge in [-0.3, -0.25) is 4.79 Å². The molecule has 1 amide bonds. The van der Waals surface area contributed by atoms with Crippen molar-refractivity contribution in [2.45, 2.75) is 6.92 Å². The SMILES string of the molecule is CCOC(=O)c1ccc(C(=O)Nc2cccc(N)c2)cc1. The second kappa shape index (κ2) is 6.56. The van der Waals surface area contributed by atoms with E-state index in [2.05, 4.69) is 5.32 Å². The maximum Gasteiger partial charge on any atom is 0.338 e. The van der Waals surface area contributed by atoms with Gasteiger partial charge in [0.1, 0.15) is 0 Å². The Morgan fingerprint density at radius 3 is 2.38 bits per heavy atom. The van der Waals surface area contributed by atoms with Gasteiger partial charge in [0, 0.05) is 16.9 Å². The van der Waals surface area contributed by atoms with Crippen molar-refractivity contribution in [1.82, 2.24) is 0 Å². The third-order valence-corrected chi connectivity index (χ3v) is 2.80. The molecule has 3 N–H and O–H groups in total. The first-order valence-electron chi connectivity index (χ1n) is 6.54. The van der Waals surface area contributed by atoms with Crippen LogP contribution in [0.1, 0.15) is 27.6 Å². The molecule has 0 unspecified atom stereocenters. The summed E-state index contributed by atoms with van der Waals surface area (Å²) in [6.45, 7) is 2.06. The van der Waals surface area contributed by atoms with Crippen molar-refractivity contribution in [3.8, 4) is 0 Å². The Balaban J connectivity index is 2.08. The van der Waals surface area contributed by atoms with Crippen LogP contribution in [-0.4, -0.2) is 18.5 Å². The van der Waals surface area contributed by atoms with E-state index in [1.54, 1.807) is 55.5 Å². The van der Waals surface area contributed by atoms with Crippen LogP contribution < -0.4 is 11.1 Å². The molecule has 0 spiro atoms. The molecule has 0 aliphatic rings. The summed E-state index contributed by atoms with van der Waals surface area (Å²) in [5.74, 6) is -0.670. The van der Waals surface area contributed by atoms with Crippen molar-refractivity contribution in [2.75, 3.05) is 17.7 Å². The summed E-state index contributed by atoms with van der Waals surface area (Å²) in [4.78, 5) is 23.6. The average Bonchev–Trinajstić information content (AvgIpc) is 2.47. The molecule has 0 heterocycles. The maximum atomic E-state index is 12.1. The van der Waals surface area contributed by atoms with E-state index in [0.717, 1.165) is 0 Å². The zero-order valence-electron chi connectivity index (χ0n) is 11.6. The minimum Gasteiger partial charge on any atom is -0.462 e. The Morgan fingerprint density at radius 2 is 1.76 bits per heavy atom. The van der Waals surface area contributed by atoms with E-state index in [0.29, 0.717) is 29.1 Å².